The van der Waals surface area contributed by atoms with Gasteiger partial charge in [-0.25, -0.2) is 26.7 Å². The second-order valence-electron chi connectivity index (χ2n) is 4.62. The number of H-pyrrole nitrogens is 1. The van der Waals surface area contributed by atoms with Gasteiger partial charge < -0.3 is 0 Å². The predicted molar refractivity (Wildman–Crippen MR) is 72.7 cm³/mol. The van der Waals surface area contributed by atoms with E-state index in [2.05, 4.69) is 0 Å². The SMILES string of the molecule is O=c1[nH]c(=O)n(Cc2c(F)c(F)c(F)c(F)c2F)cc1C=C[N+](=O)[O-]. The molecule has 0 saturated heterocycles. The third kappa shape index (κ3) is 3.46. The third-order valence-corrected chi connectivity index (χ3v) is 3.04. The maximum absolute atomic E-state index is 13.6. The summed E-state index contributed by atoms with van der Waals surface area (Å²) in [7, 11) is 0. The highest BCUT2D eigenvalue weighted by molar-refractivity contribution is 5.44. The van der Waals surface area contributed by atoms with Crippen LogP contribution < -0.4 is 11.2 Å². The average molecular weight is 363 g/mol. The van der Waals surface area contributed by atoms with Gasteiger partial charge in [0.25, 0.3) is 5.56 Å². The van der Waals surface area contributed by atoms with Crippen molar-refractivity contribution in [3.63, 3.8) is 0 Å². The smallest absolute Gasteiger partial charge is 0.295 e. The Bertz CT molecular complexity index is 983. The maximum atomic E-state index is 13.6. The normalized spacial score (nSPS) is 11.2. The molecule has 0 aliphatic carbocycles. The zero-order valence-corrected chi connectivity index (χ0v) is 11.9. The van der Waals surface area contributed by atoms with Crippen LogP contribution in [0.3, 0.4) is 0 Å². The van der Waals surface area contributed by atoms with E-state index in [4.69, 9.17) is 0 Å². The zero-order valence-electron chi connectivity index (χ0n) is 11.9. The van der Waals surface area contributed by atoms with Crippen molar-refractivity contribution in [2.45, 2.75) is 6.54 Å². The van der Waals surface area contributed by atoms with E-state index in [9.17, 15) is 41.7 Å². The lowest BCUT2D eigenvalue weighted by molar-refractivity contribution is -0.400. The molecule has 0 atom stereocenters. The number of aromatic amines is 1. The van der Waals surface area contributed by atoms with Gasteiger partial charge >= 0.3 is 5.69 Å². The van der Waals surface area contributed by atoms with Crippen molar-refractivity contribution in [1.82, 2.24) is 9.55 Å². The number of nitro groups is 1. The summed E-state index contributed by atoms with van der Waals surface area (Å²) < 4.78 is 67.0. The van der Waals surface area contributed by atoms with Gasteiger partial charge in [-0.3, -0.25) is 24.5 Å². The van der Waals surface area contributed by atoms with Gasteiger partial charge in [-0.2, -0.15) is 0 Å². The molecule has 7 nitrogen and oxygen atoms in total. The molecule has 25 heavy (non-hydrogen) atoms. The summed E-state index contributed by atoms with van der Waals surface area (Å²) in [5, 5.41) is 10.2. The largest absolute Gasteiger partial charge is 0.328 e. The molecule has 1 aromatic heterocycles. The average Bonchev–Trinajstić information content (AvgIpc) is 2.55. The number of nitrogens with zero attached hydrogens (tertiary/aromatic N) is 2. The molecule has 0 radical (unpaired) electrons. The number of halogens is 5. The van der Waals surface area contributed by atoms with Crippen LogP contribution in [0.1, 0.15) is 11.1 Å². The van der Waals surface area contributed by atoms with Gasteiger partial charge in [0.05, 0.1) is 17.0 Å². The van der Waals surface area contributed by atoms with Gasteiger partial charge in [-0.05, 0) is 0 Å². The Morgan fingerprint density at radius 3 is 2.08 bits per heavy atom. The zero-order chi connectivity index (χ0) is 18.9. The predicted octanol–water partition coefficient (Wildman–Crippen LogP) is 1.53. The van der Waals surface area contributed by atoms with Crippen molar-refractivity contribution in [2.24, 2.45) is 0 Å². The number of aromatic nitrogens is 2. The second kappa shape index (κ2) is 6.67. The Kier molecular flexibility index (Phi) is 4.81. The van der Waals surface area contributed by atoms with Crippen molar-refractivity contribution in [3.8, 4) is 0 Å². The lowest BCUT2D eigenvalue weighted by Gasteiger charge is -2.10. The fourth-order valence-corrected chi connectivity index (χ4v) is 1.86. The molecule has 1 N–H and O–H groups in total. The number of benzene rings is 1. The minimum Gasteiger partial charge on any atom is -0.295 e. The molecule has 0 amide bonds. The number of hydrogen-bond acceptors (Lipinski definition) is 4. The Balaban J connectivity index is 2.59. The summed E-state index contributed by atoms with van der Waals surface area (Å²) in [6.07, 6.45) is 1.73. The Morgan fingerprint density at radius 1 is 1.04 bits per heavy atom. The van der Waals surface area contributed by atoms with E-state index in [0.717, 1.165) is 0 Å². The van der Waals surface area contributed by atoms with E-state index >= 15 is 0 Å². The summed E-state index contributed by atoms with van der Waals surface area (Å²) in [4.78, 5) is 34.1. The fourth-order valence-electron chi connectivity index (χ4n) is 1.86. The van der Waals surface area contributed by atoms with Crippen LogP contribution in [-0.4, -0.2) is 14.5 Å². The minimum atomic E-state index is -2.36. The molecule has 2 rings (SSSR count). The highest BCUT2D eigenvalue weighted by Crippen LogP contribution is 2.23. The van der Waals surface area contributed by atoms with Crippen molar-refractivity contribution in [3.05, 3.63) is 83.6 Å². The summed E-state index contributed by atoms with van der Waals surface area (Å²) in [6.45, 7) is -1.11. The Morgan fingerprint density at radius 2 is 1.56 bits per heavy atom. The molecule has 0 spiro atoms. The summed E-state index contributed by atoms with van der Waals surface area (Å²) in [6, 6.07) is 0. The molecule has 2 aromatic rings. The van der Waals surface area contributed by atoms with Crippen molar-refractivity contribution >= 4 is 6.08 Å². The lowest BCUT2D eigenvalue weighted by Crippen LogP contribution is -2.31. The van der Waals surface area contributed by atoms with Crippen molar-refractivity contribution in [1.29, 1.82) is 0 Å². The van der Waals surface area contributed by atoms with E-state index in [1.165, 1.54) is 0 Å². The second-order valence-corrected chi connectivity index (χ2v) is 4.62. The quantitative estimate of drug-likeness (QED) is 0.293. The van der Waals surface area contributed by atoms with Crippen LogP contribution in [0.25, 0.3) is 6.08 Å². The topological polar surface area (TPSA) is 98.0 Å². The molecular formula is C13H6F5N3O4. The first-order valence-electron chi connectivity index (χ1n) is 6.29. The lowest BCUT2D eigenvalue weighted by atomic mass is 10.1. The van der Waals surface area contributed by atoms with Crippen molar-refractivity contribution < 1.29 is 26.9 Å². The van der Waals surface area contributed by atoms with Crippen LogP contribution >= 0.6 is 0 Å². The van der Waals surface area contributed by atoms with Crippen molar-refractivity contribution in [2.75, 3.05) is 0 Å². The van der Waals surface area contributed by atoms with Gasteiger partial charge in [-0.15, -0.1) is 0 Å². The molecule has 1 aromatic carbocycles. The van der Waals surface area contributed by atoms with Crippen LogP contribution in [0.4, 0.5) is 22.0 Å². The third-order valence-electron chi connectivity index (χ3n) is 3.04. The first kappa shape index (κ1) is 18.0. The number of hydrogen-bond donors (Lipinski definition) is 1. The van der Waals surface area contributed by atoms with Crippen LogP contribution in [0.15, 0.2) is 22.0 Å². The van der Waals surface area contributed by atoms with Crippen LogP contribution in [-0.2, 0) is 6.54 Å². The Hall–Kier alpha value is -3.31. The van der Waals surface area contributed by atoms with Gasteiger partial charge in [-0.1, -0.05) is 0 Å². The van der Waals surface area contributed by atoms with Crippen LogP contribution in [0.5, 0.6) is 0 Å². The standard InChI is InChI=1S/C13H6F5N3O4/c14-7-6(8(15)10(17)11(18)9(7)16)4-20-3-5(1-2-21(24)25)12(22)19-13(20)23/h1-3H,4H2,(H,19,22,23). The highest BCUT2D eigenvalue weighted by Gasteiger charge is 2.26. The van der Waals surface area contributed by atoms with Gasteiger partial charge in [0, 0.05) is 17.8 Å². The van der Waals surface area contributed by atoms with Crippen LogP contribution in [0, 0.1) is 39.2 Å². The van der Waals surface area contributed by atoms with Gasteiger partial charge in [0.2, 0.25) is 12.0 Å². The highest BCUT2D eigenvalue weighted by atomic mass is 19.2. The molecule has 12 heteroatoms. The van der Waals surface area contributed by atoms with Gasteiger partial charge in [0.1, 0.15) is 0 Å². The van der Waals surface area contributed by atoms with Gasteiger partial charge in [0.15, 0.2) is 23.3 Å². The minimum absolute atomic E-state index is 0.359. The molecule has 1 heterocycles. The fraction of sp³-hybridized carbons (Fsp3) is 0.0769. The molecule has 0 bridgehead atoms. The first-order valence-corrected chi connectivity index (χ1v) is 6.29. The van der Waals surface area contributed by atoms with E-state index in [1.807, 2.05) is 0 Å². The molecular weight excluding hydrogens is 357 g/mol. The molecule has 0 saturated carbocycles. The van der Waals surface area contributed by atoms with E-state index in [-0.39, 0.29) is 0 Å². The molecule has 0 aliphatic rings. The molecule has 132 valence electrons. The first-order chi connectivity index (χ1) is 11.6. The van der Waals surface area contributed by atoms with E-state index in [0.29, 0.717) is 23.0 Å². The van der Waals surface area contributed by atoms with E-state index < -0.39 is 62.9 Å². The molecule has 0 aliphatic heterocycles. The monoisotopic (exact) mass is 363 g/mol. The van der Waals surface area contributed by atoms with E-state index in [1.54, 1.807) is 4.98 Å². The molecule has 0 unspecified atom stereocenters. The Labute approximate surface area is 133 Å². The number of rotatable bonds is 4. The van der Waals surface area contributed by atoms with Crippen LogP contribution in [0.2, 0.25) is 0 Å². The maximum Gasteiger partial charge on any atom is 0.328 e. The molecule has 0 fully saturated rings. The summed E-state index contributed by atoms with van der Waals surface area (Å²) >= 11 is 0. The summed E-state index contributed by atoms with van der Waals surface area (Å²) in [5.74, 6) is -11.0. The summed E-state index contributed by atoms with van der Waals surface area (Å²) in [5.41, 5.74) is -4.01. The number of nitrogens with one attached hydrogen (secondary N) is 1.